The van der Waals surface area contributed by atoms with Gasteiger partial charge in [0.2, 0.25) is 0 Å². The van der Waals surface area contributed by atoms with Gasteiger partial charge in [-0.1, -0.05) is 32.1 Å². The smallest absolute Gasteiger partial charge is 0.272 e. The highest BCUT2D eigenvalue weighted by Crippen LogP contribution is 2.39. The number of hydrogen-bond donors (Lipinski definition) is 0. The van der Waals surface area contributed by atoms with Gasteiger partial charge in [-0.3, -0.25) is 9.48 Å². The average molecular weight is 359 g/mol. The van der Waals surface area contributed by atoms with Crippen LogP contribution in [0.4, 0.5) is 0 Å². The van der Waals surface area contributed by atoms with E-state index in [9.17, 15) is 4.79 Å². The molecule has 3 fully saturated rings. The summed E-state index contributed by atoms with van der Waals surface area (Å²) in [5.74, 6) is 1.12. The van der Waals surface area contributed by atoms with E-state index in [0.717, 1.165) is 25.4 Å². The Morgan fingerprint density at radius 3 is 2.77 bits per heavy atom. The van der Waals surface area contributed by atoms with Gasteiger partial charge < -0.3 is 9.80 Å². The molecule has 1 aliphatic carbocycles. The molecule has 1 atom stereocenters. The molecule has 26 heavy (non-hydrogen) atoms. The Balaban J connectivity index is 1.32. The maximum Gasteiger partial charge on any atom is 0.272 e. The molecular weight excluding hydrogens is 324 g/mol. The first-order chi connectivity index (χ1) is 12.7. The van der Waals surface area contributed by atoms with Crippen molar-refractivity contribution < 1.29 is 4.79 Å². The molecule has 144 valence electrons. The first-order valence-corrected chi connectivity index (χ1v) is 10.6. The normalized spacial score (nSPS) is 28.1. The molecule has 0 bridgehead atoms. The predicted octanol–water partition coefficient (Wildman–Crippen LogP) is 3.32. The van der Waals surface area contributed by atoms with Gasteiger partial charge in [-0.25, -0.2) is 0 Å². The molecule has 0 unspecified atom stereocenters. The zero-order chi connectivity index (χ0) is 18.0. The number of carbonyl (C=O) groups is 1. The minimum atomic E-state index is 0.154. The molecule has 0 radical (unpaired) electrons. The monoisotopic (exact) mass is 358 g/mol. The number of aryl methyl sites for hydroxylation is 1. The first-order valence-electron chi connectivity index (χ1n) is 10.6. The Bertz CT molecular complexity index is 621. The van der Waals surface area contributed by atoms with Crippen molar-refractivity contribution in [1.29, 1.82) is 0 Å². The van der Waals surface area contributed by atoms with Crippen LogP contribution in [0.5, 0.6) is 0 Å². The molecule has 0 N–H and O–H groups in total. The van der Waals surface area contributed by atoms with Crippen LogP contribution in [-0.4, -0.2) is 58.2 Å². The second-order valence-corrected chi connectivity index (χ2v) is 8.99. The highest BCUT2D eigenvalue weighted by molar-refractivity contribution is 5.92. The lowest BCUT2D eigenvalue weighted by atomic mass is 9.79. The highest BCUT2D eigenvalue weighted by Gasteiger charge is 2.43. The Kier molecular flexibility index (Phi) is 5.35. The first kappa shape index (κ1) is 18.0. The number of amides is 1. The summed E-state index contributed by atoms with van der Waals surface area (Å²) >= 11 is 0. The van der Waals surface area contributed by atoms with Crippen molar-refractivity contribution in [3.05, 3.63) is 18.0 Å². The van der Waals surface area contributed by atoms with Gasteiger partial charge in [-0.2, -0.15) is 5.10 Å². The summed E-state index contributed by atoms with van der Waals surface area (Å²) in [5, 5.41) is 4.15. The third-order valence-electron chi connectivity index (χ3n) is 7.08. The minimum Gasteiger partial charge on any atom is -0.337 e. The van der Waals surface area contributed by atoms with Crippen LogP contribution in [-0.2, 0) is 7.05 Å². The van der Waals surface area contributed by atoms with E-state index >= 15 is 0 Å². The van der Waals surface area contributed by atoms with E-state index < -0.39 is 0 Å². The van der Waals surface area contributed by atoms with Crippen molar-refractivity contribution in [2.24, 2.45) is 18.4 Å². The van der Waals surface area contributed by atoms with Crippen molar-refractivity contribution in [3.8, 4) is 0 Å². The zero-order valence-corrected chi connectivity index (χ0v) is 16.3. The van der Waals surface area contributed by atoms with Gasteiger partial charge in [0.05, 0.1) is 0 Å². The van der Waals surface area contributed by atoms with Crippen molar-refractivity contribution in [2.75, 3.05) is 32.7 Å². The van der Waals surface area contributed by atoms with E-state index in [4.69, 9.17) is 0 Å². The average Bonchev–Trinajstić information content (AvgIpc) is 3.27. The van der Waals surface area contributed by atoms with E-state index in [2.05, 4.69) is 14.9 Å². The number of carbonyl (C=O) groups excluding carboxylic acids is 1. The topological polar surface area (TPSA) is 41.4 Å². The van der Waals surface area contributed by atoms with Crippen LogP contribution in [0.1, 0.15) is 68.3 Å². The molecule has 4 rings (SSSR count). The van der Waals surface area contributed by atoms with Crippen molar-refractivity contribution in [1.82, 2.24) is 19.6 Å². The molecule has 2 aliphatic heterocycles. The molecule has 1 amide bonds. The third kappa shape index (κ3) is 3.83. The van der Waals surface area contributed by atoms with E-state index in [1.807, 2.05) is 13.1 Å². The van der Waals surface area contributed by atoms with Crippen LogP contribution in [0.2, 0.25) is 0 Å². The predicted molar refractivity (Wildman–Crippen MR) is 103 cm³/mol. The number of hydrogen-bond acceptors (Lipinski definition) is 3. The van der Waals surface area contributed by atoms with E-state index in [1.54, 1.807) is 10.9 Å². The van der Waals surface area contributed by atoms with Gasteiger partial charge in [-0.15, -0.1) is 0 Å². The SMILES string of the molecule is Cn1nccc1C(=O)N1CC[C@]2(CCCN(CCC3CCCCC3)C2)C1. The van der Waals surface area contributed by atoms with Crippen LogP contribution in [0.15, 0.2) is 12.3 Å². The van der Waals surface area contributed by atoms with Crippen LogP contribution in [0.3, 0.4) is 0 Å². The highest BCUT2D eigenvalue weighted by atomic mass is 16.2. The van der Waals surface area contributed by atoms with E-state index in [-0.39, 0.29) is 5.91 Å². The van der Waals surface area contributed by atoms with E-state index in [0.29, 0.717) is 11.1 Å². The van der Waals surface area contributed by atoms with Crippen LogP contribution in [0.25, 0.3) is 0 Å². The van der Waals surface area contributed by atoms with Crippen LogP contribution >= 0.6 is 0 Å². The van der Waals surface area contributed by atoms with Gasteiger partial charge >= 0.3 is 0 Å². The second-order valence-electron chi connectivity index (χ2n) is 8.99. The van der Waals surface area contributed by atoms with Gasteiger partial charge in [-0.05, 0) is 50.8 Å². The van der Waals surface area contributed by atoms with Gasteiger partial charge in [0.15, 0.2) is 0 Å². The summed E-state index contributed by atoms with van der Waals surface area (Å²) in [5.41, 5.74) is 1.05. The number of likely N-dealkylation sites (tertiary alicyclic amines) is 2. The minimum absolute atomic E-state index is 0.154. The van der Waals surface area contributed by atoms with Crippen molar-refractivity contribution in [2.45, 2.75) is 57.8 Å². The number of aromatic nitrogens is 2. The molecule has 1 spiro atoms. The summed E-state index contributed by atoms with van der Waals surface area (Å²) in [7, 11) is 1.85. The summed E-state index contributed by atoms with van der Waals surface area (Å²) < 4.78 is 1.70. The largest absolute Gasteiger partial charge is 0.337 e. The van der Waals surface area contributed by atoms with Gasteiger partial charge in [0, 0.05) is 38.3 Å². The maximum absolute atomic E-state index is 12.8. The Morgan fingerprint density at radius 2 is 2.00 bits per heavy atom. The fraction of sp³-hybridized carbons (Fsp3) is 0.810. The Hall–Kier alpha value is -1.36. The molecule has 2 saturated heterocycles. The second kappa shape index (κ2) is 7.71. The summed E-state index contributed by atoms with van der Waals surface area (Å²) in [6.45, 7) is 5.54. The molecular formula is C21H34N4O. The standard InChI is InChI=1S/C21H34N4O/c1-23-19(8-12-22-23)20(26)25-15-11-21(17-25)10-5-13-24(16-21)14-9-18-6-3-2-4-7-18/h8,12,18H,2-7,9-11,13-17H2,1H3/t21-/m0/s1. The molecule has 3 heterocycles. The number of piperidine rings is 1. The summed E-state index contributed by atoms with van der Waals surface area (Å²) in [6.07, 6.45) is 14.1. The molecule has 5 nitrogen and oxygen atoms in total. The lowest BCUT2D eigenvalue weighted by Crippen LogP contribution is -2.46. The number of rotatable bonds is 4. The Labute approximate surface area is 157 Å². The quantitative estimate of drug-likeness (QED) is 0.829. The maximum atomic E-state index is 12.8. The van der Waals surface area contributed by atoms with Crippen molar-refractivity contribution >= 4 is 5.91 Å². The lowest BCUT2D eigenvalue weighted by molar-refractivity contribution is 0.0666. The lowest BCUT2D eigenvalue weighted by Gasteiger charge is -2.41. The molecule has 1 aromatic rings. The fourth-order valence-electron chi connectivity index (χ4n) is 5.53. The summed E-state index contributed by atoms with van der Waals surface area (Å²) in [6, 6.07) is 1.84. The van der Waals surface area contributed by atoms with Gasteiger partial charge in [0.25, 0.3) is 5.91 Å². The fourth-order valence-corrected chi connectivity index (χ4v) is 5.53. The third-order valence-corrected chi connectivity index (χ3v) is 7.08. The Morgan fingerprint density at radius 1 is 1.15 bits per heavy atom. The van der Waals surface area contributed by atoms with Crippen LogP contribution < -0.4 is 0 Å². The molecule has 1 aromatic heterocycles. The zero-order valence-electron chi connectivity index (χ0n) is 16.3. The summed E-state index contributed by atoms with van der Waals surface area (Å²) in [4.78, 5) is 17.6. The van der Waals surface area contributed by atoms with E-state index in [1.165, 1.54) is 71.0 Å². The molecule has 5 heteroatoms. The number of nitrogens with zero attached hydrogens (tertiary/aromatic N) is 4. The molecule has 0 aromatic carbocycles. The van der Waals surface area contributed by atoms with Crippen LogP contribution in [0, 0.1) is 11.3 Å². The molecule has 3 aliphatic rings. The van der Waals surface area contributed by atoms with Gasteiger partial charge in [0.1, 0.15) is 5.69 Å². The molecule has 1 saturated carbocycles. The van der Waals surface area contributed by atoms with Crippen molar-refractivity contribution in [3.63, 3.8) is 0 Å².